The van der Waals surface area contributed by atoms with E-state index in [-0.39, 0.29) is 10.8 Å². The number of imidazole rings is 1. The predicted octanol–water partition coefficient (Wildman–Crippen LogP) is 4.58. The standard InChI is InChI=1S/C22H19N3O3S2/c1-29(26,19-13-7-3-8-14-19)24-22-23-21(18-11-5-2-6-12-18)17-25(22)30(27,28)20-15-9-4-10-16-20/h2-17H,1H3. The van der Waals surface area contributed by atoms with Crippen molar-refractivity contribution in [3.05, 3.63) is 97.2 Å². The highest BCUT2D eigenvalue weighted by Crippen LogP contribution is 2.28. The van der Waals surface area contributed by atoms with Gasteiger partial charge in [0.1, 0.15) is 0 Å². The summed E-state index contributed by atoms with van der Waals surface area (Å²) in [6, 6.07) is 25.9. The van der Waals surface area contributed by atoms with Crippen molar-refractivity contribution in [2.75, 3.05) is 6.26 Å². The van der Waals surface area contributed by atoms with Gasteiger partial charge in [-0.1, -0.05) is 66.7 Å². The fraction of sp³-hybridized carbons (Fsp3) is 0.0455. The average Bonchev–Trinajstić information content (AvgIpc) is 3.19. The molecule has 6 nitrogen and oxygen atoms in total. The molecule has 0 aliphatic heterocycles. The van der Waals surface area contributed by atoms with Crippen LogP contribution < -0.4 is 0 Å². The molecule has 1 unspecified atom stereocenters. The van der Waals surface area contributed by atoms with Crippen molar-refractivity contribution >= 4 is 25.7 Å². The first-order valence-electron chi connectivity index (χ1n) is 9.10. The van der Waals surface area contributed by atoms with Crippen LogP contribution in [-0.4, -0.2) is 27.8 Å². The van der Waals surface area contributed by atoms with Crippen LogP contribution in [0.3, 0.4) is 0 Å². The first kappa shape index (κ1) is 20.1. The summed E-state index contributed by atoms with van der Waals surface area (Å²) in [5.74, 6) is -0.131. The van der Waals surface area contributed by atoms with E-state index >= 15 is 0 Å². The summed E-state index contributed by atoms with van der Waals surface area (Å²) in [5, 5.41) is 0. The van der Waals surface area contributed by atoms with E-state index in [1.165, 1.54) is 24.6 Å². The maximum Gasteiger partial charge on any atom is 0.270 e. The molecule has 4 rings (SSSR count). The van der Waals surface area contributed by atoms with Crippen LogP contribution in [0.5, 0.6) is 0 Å². The maximum atomic E-state index is 13.3. The number of hydrogen-bond donors (Lipinski definition) is 0. The molecule has 0 radical (unpaired) electrons. The van der Waals surface area contributed by atoms with Crippen molar-refractivity contribution < 1.29 is 12.6 Å². The lowest BCUT2D eigenvalue weighted by atomic mass is 10.2. The third-order valence-corrected chi connectivity index (χ3v) is 7.78. The van der Waals surface area contributed by atoms with Gasteiger partial charge in [0.05, 0.1) is 26.5 Å². The van der Waals surface area contributed by atoms with Gasteiger partial charge in [-0.15, -0.1) is 0 Å². The molecule has 0 aliphatic carbocycles. The Balaban J connectivity index is 1.95. The Morgan fingerprint density at radius 3 is 1.80 bits per heavy atom. The third-order valence-electron chi connectivity index (χ3n) is 4.46. The summed E-state index contributed by atoms with van der Waals surface area (Å²) < 4.78 is 45.2. The minimum atomic E-state index is -3.98. The summed E-state index contributed by atoms with van der Waals surface area (Å²) >= 11 is 0. The number of rotatable bonds is 5. The summed E-state index contributed by atoms with van der Waals surface area (Å²) in [7, 11) is -6.90. The van der Waals surface area contributed by atoms with Gasteiger partial charge in [-0.05, 0) is 24.3 Å². The molecule has 0 spiro atoms. The second kappa shape index (κ2) is 7.89. The Morgan fingerprint density at radius 1 is 0.733 bits per heavy atom. The van der Waals surface area contributed by atoms with E-state index in [1.54, 1.807) is 42.5 Å². The maximum absolute atomic E-state index is 13.3. The van der Waals surface area contributed by atoms with Gasteiger partial charge in [0.15, 0.2) is 0 Å². The third kappa shape index (κ3) is 3.92. The molecule has 152 valence electrons. The van der Waals surface area contributed by atoms with E-state index in [0.29, 0.717) is 10.6 Å². The largest absolute Gasteiger partial charge is 0.270 e. The first-order chi connectivity index (χ1) is 14.4. The molecule has 0 fully saturated rings. The zero-order valence-corrected chi connectivity index (χ0v) is 17.8. The molecule has 1 atom stereocenters. The Kier molecular flexibility index (Phi) is 5.27. The topological polar surface area (TPSA) is 81.4 Å². The summed E-state index contributed by atoms with van der Waals surface area (Å²) in [6.07, 6.45) is 2.88. The molecule has 1 heterocycles. The van der Waals surface area contributed by atoms with Crippen LogP contribution >= 0.6 is 0 Å². The minimum absolute atomic E-state index is 0.0979. The van der Waals surface area contributed by atoms with E-state index in [2.05, 4.69) is 9.35 Å². The molecule has 4 aromatic rings. The van der Waals surface area contributed by atoms with Gasteiger partial charge in [-0.3, -0.25) is 0 Å². The molecule has 3 aromatic carbocycles. The van der Waals surface area contributed by atoms with Crippen LogP contribution in [0.4, 0.5) is 5.95 Å². The minimum Gasteiger partial charge on any atom is -0.245 e. The van der Waals surface area contributed by atoms with Crippen molar-refractivity contribution in [1.82, 2.24) is 8.96 Å². The summed E-state index contributed by atoms with van der Waals surface area (Å²) in [4.78, 5) is 5.02. The zero-order valence-electron chi connectivity index (χ0n) is 16.1. The predicted molar refractivity (Wildman–Crippen MR) is 118 cm³/mol. The number of benzene rings is 3. The fourth-order valence-electron chi connectivity index (χ4n) is 2.93. The number of nitrogens with zero attached hydrogens (tertiary/aromatic N) is 3. The Morgan fingerprint density at radius 2 is 1.23 bits per heavy atom. The van der Waals surface area contributed by atoms with Gasteiger partial charge in [0.2, 0.25) is 0 Å². The highest BCUT2D eigenvalue weighted by molar-refractivity contribution is 7.93. The molecule has 0 bridgehead atoms. The Bertz CT molecular complexity index is 1390. The SMILES string of the molecule is CS(=O)(=Nc1nc(-c2ccccc2)cn1S(=O)(=O)c1ccccc1)c1ccccc1. The van der Waals surface area contributed by atoms with Crippen molar-refractivity contribution in [3.63, 3.8) is 0 Å². The Labute approximate surface area is 176 Å². The highest BCUT2D eigenvalue weighted by Gasteiger charge is 2.23. The van der Waals surface area contributed by atoms with Gasteiger partial charge in [-0.25, -0.2) is 21.6 Å². The second-order valence-electron chi connectivity index (χ2n) is 6.61. The quantitative estimate of drug-likeness (QED) is 0.458. The lowest BCUT2D eigenvalue weighted by molar-refractivity contribution is 0.588. The van der Waals surface area contributed by atoms with Crippen LogP contribution in [0.2, 0.25) is 0 Å². The monoisotopic (exact) mass is 437 g/mol. The highest BCUT2D eigenvalue weighted by atomic mass is 32.2. The zero-order chi connectivity index (χ0) is 21.2. The molecule has 0 N–H and O–H groups in total. The first-order valence-corrected chi connectivity index (χ1v) is 12.5. The van der Waals surface area contributed by atoms with Crippen LogP contribution in [0, 0.1) is 0 Å². The smallest absolute Gasteiger partial charge is 0.245 e. The van der Waals surface area contributed by atoms with Crippen LogP contribution in [0.15, 0.2) is 111 Å². The molecular weight excluding hydrogens is 418 g/mol. The van der Waals surface area contributed by atoms with Gasteiger partial charge in [0.25, 0.3) is 16.0 Å². The van der Waals surface area contributed by atoms with Gasteiger partial charge < -0.3 is 0 Å². The van der Waals surface area contributed by atoms with Crippen LogP contribution in [-0.2, 0) is 19.8 Å². The lowest BCUT2D eigenvalue weighted by Gasteiger charge is -2.08. The normalized spacial score (nSPS) is 13.5. The van der Waals surface area contributed by atoms with E-state index in [1.807, 2.05) is 36.4 Å². The number of hydrogen-bond acceptors (Lipinski definition) is 5. The molecule has 8 heteroatoms. The van der Waals surface area contributed by atoms with Crippen LogP contribution in [0.1, 0.15) is 0 Å². The van der Waals surface area contributed by atoms with Crippen molar-refractivity contribution in [3.8, 4) is 11.3 Å². The fourth-order valence-corrected chi connectivity index (χ4v) is 5.45. The molecule has 30 heavy (non-hydrogen) atoms. The van der Waals surface area contributed by atoms with Crippen molar-refractivity contribution in [2.24, 2.45) is 4.36 Å². The van der Waals surface area contributed by atoms with Crippen LogP contribution in [0.25, 0.3) is 11.3 Å². The van der Waals surface area contributed by atoms with E-state index < -0.39 is 19.8 Å². The van der Waals surface area contributed by atoms with E-state index in [9.17, 15) is 12.6 Å². The second-order valence-corrected chi connectivity index (χ2v) is 10.7. The molecule has 1 aromatic heterocycles. The number of aromatic nitrogens is 2. The molecule has 0 aliphatic rings. The van der Waals surface area contributed by atoms with Gasteiger partial charge >= 0.3 is 0 Å². The van der Waals surface area contributed by atoms with E-state index in [0.717, 1.165) is 9.54 Å². The molecule has 0 saturated carbocycles. The summed E-state index contributed by atoms with van der Waals surface area (Å²) in [5.41, 5.74) is 1.16. The van der Waals surface area contributed by atoms with E-state index in [4.69, 9.17) is 0 Å². The molecule has 0 amide bonds. The molecule has 0 saturated heterocycles. The Hall–Kier alpha value is -3.23. The van der Waals surface area contributed by atoms with Crippen molar-refractivity contribution in [1.29, 1.82) is 0 Å². The molecular formula is C22H19N3O3S2. The van der Waals surface area contributed by atoms with Crippen molar-refractivity contribution in [2.45, 2.75) is 9.79 Å². The summed E-state index contributed by atoms with van der Waals surface area (Å²) in [6.45, 7) is 0. The van der Waals surface area contributed by atoms with Gasteiger partial charge in [-0.2, -0.15) is 4.36 Å². The lowest BCUT2D eigenvalue weighted by Crippen LogP contribution is -2.12. The average molecular weight is 438 g/mol. The van der Waals surface area contributed by atoms with Gasteiger partial charge in [0, 0.05) is 16.7 Å².